The van der Waals surface area contributed by atoms with Crippen molar-refractivity contribution >= 4 is 28.8 Å². The van der Waals surface area contributed by atoms with E-state index in [-0.39, 0.29) is 29.5 Å². The van der Waals surface area contributed by atoms with Crippen molar-refractivity contribution in [2.75, 3.05) is 7.05 Å². The first kappa shape index (κ1) is 15.0. The van der Waals surface area contributed by atoms with Crippen LogP contribution in [-0.4, -0.2) is 41.9 Å². The molecule has 1 aliphatic rings. The molecule has 5 nitrogen and oxygen atoms in total. The number of aliphatic imine (C=N–C) groups is 2. The fourth-order valence-electron chi connectivity index (χ4n) is 2.40. The molecule has 0 saturated heterocycles. The molecule has 0 radical (unpaired) electrons. The molecule has 0 heterocycles. The Morgan fingerprint density at radius 2 is 1.76 bits per heavy atom. The van der Waals surface area contributed by atoms with Gasteiger partial charge in [0.2, 0.25) is 5.78 Å². The molecule has 0 saturated carbocycles. The van der Waals surface area contributed by atoms with Crippen LogP contribution in [0.4, 0.5) is 0 Å². The predicted molar refractivity (Wildman–Crippen MR) is 80.7 cm³/mol. The van der Waals surface area contributed by atoms with Gasteiger partial charge in [0.1, 0.15) is 11.5 Å². The van der Waals surface area contributed by atoms with Crippen molar-refractivity contribution in [1.82, 2.24) is 0 Å². The van der Waals surface area contributed by atoms with E-state index < -0.39 is 6.04 Å². The van der Waals surface area contributed by atoms with Gasteiger partial charge in [-0.25, -0.2) is 0 Å². The monoisotopic (exact) mass is 284 g/mol. The fraction of sp³-hybridized carbons (Fsp3) is 0.312. The molecular formula is C16H16N2O3. The zero-order valence-electron chi connectivity index (χ0n) is 12.2. The number of benzene rings is 1. The summed E-state index contributed by atoms with van der Waals surface area (Å²) in [5, 5.41) is 0. The minimum atomic E-state index is -0.947. The molecule has 1 aromatic rings. The van der Waals surface area contributed by atoms with Crippen molar-refractivity contribution in [1.29, 1.82) is 0 Å². The predicted octanol–water partition coefficient (Wildman–Crippen LogP) is 1.95. The Morgan fingerprint density at radius 3 is 2.33 bits per heavy atom. The van der Waals surface area contributed by atoms with Gasteiger partial charge in [0.05, 0.1) is 0 Å². The van der Waals surface area contributed by atoms with E-state index >= 15 is 0 Å². The first-order valence-corrected chi connectivity index (χ1v) is 6.63. The van der Waals surface area contributed by atoms with Crippen LogP contribution in [0.25, 0.3) is 0 Å². The quantitative estimate of drug-likeness (QED) is 0.796. The number of carbonyl (C=O) groups is 3. The van der Waals surface area contributed by atoms with Crippen LogP contribution in [0.2, 0.25) is 0 Å². The Balaban J connectivity index is 2.50. The van der Waals surface area contributed by atoms with Gasteiger partial charge in [-0.3, -0.25) is 24.4 Å². The second-order valence-electron chi connectivity index (χ2n) is 4.99. The summed E-state index contributed by atoms with van der Waals surface area (Å²) in [6, 6.07) is 5.70. The third-order valence-electron chi connectivity index (χ3n) is 3.27. The van der Waals surface area contributed by atoms with Crippen molar-refractivity contribution in [2.24, 2.45) is 9.98 Å². The molecule has 0 bridgehead atoms. The highest BCUT2D eigenvalue weighted by molar-refractivity contribution is 6.55. The standard InChI is InChI=1S/C16H16N2O3/c1-9(8-10(2)19)18-14-13(17-3)15(20)11-6-4-5-7-12(11)16(14)21/h4-7,14H,8H2,1-3H3/t14-/m0/s1. The molecule has 108 valence electrons. The highest BCUT2D eigenvalue weighted by Gasteiger charge is 2.37. The summed E-state index contributed by atoms with van der Waals surface area (Å²) < 4.78 is 0. The summed E-state index contributed by atoms with van der Waals surface area (Å²) >= 11 is 0. The van der Waals surface area contributed by atoms with Crippen LogP contribution in [0.15, 0.2) is 34.3 Å². The molecule has 1 aromatic carbocycles. The summed E-state index contributed by atoms with van der Waals surface area (Å²) in [5.41, 5.74) is 1.37. The van der Waals surface area contributed by atoms with Gasteiger partial charge in [-0.2, -0.15) is 0 Å². The highest BCUT2D eigenvalue weighted by atomic mass is 16.1. The topological polar surface area (TPSA) is 75.9 Å². The summed E-state index contributed by atoms with van der Waals surface area (Å²) in [6.07, 6.45) is 0.163. The lowest BCUT2D eigenvalue weighted by Gasteiger charge is -2.21. The third-order valence-corrected chi connectivity index (χ3v) is 3.27. The number of Topliss-reactive ketones (excluding diaryl/α,β-unsaturated/α-hetero) is 3. The lowest BCUT2D eigenvalue weighted by atomic mass is 9.84. The van der Waals surface area contributed by atoms with E-state index in [1.54, 1.807) is 31.2 Å². The molecule has 5 heteroatoms. The van der Waals surface area contributed by atoms with Gasteiger partial charge in [0.25, 0.3) is 0 Å². The van der Waals surface area contributed by atoms with Crippen LogP contribution in [0, 0.1) is 0 Å². The molecular weight excluding hydrogens is 268 g/mol. The van der Waals surface area contributed by atoms with Crippen molar-refractivity contribution in [3.05, 3.63) is 35.4 Å². The Bertz CT molecular complexity index is 687. The van der Waals surface area contributed by atoms with Crippen LogP contribution in [0.1, 0.15) is 41.0 Å². The molecule has 0 N–H and O–H groups in total. The van der Waals surface area contributed by atoms with E-state index in [0.717, 1.165) is 0 Å². The molecule has 1 atom stereocenters. The normalized spacial score (nSPS) is 20.6. The lowest BCUT2D eigenvalue weighted by molar-refractivity contribution is -0.115. The minimum Gasteiger partial charge on any atom is -0.300 e. The molecule has 21 heavy (non-hydrogen) atoms. The van der Waals surface area contributed by atoms with Crippen molar-refractivity contribution in [3.8, 4) is 0 Å². The van der Waals surface area contributed by atoms with Gasteiger partial charge < -0.3 is 0 Å². The van der Waals surface area contributed by atoms with Gasteiger partial charge in [-0.1, -0.05) is 24.3 Å². The van der Waals surface area contributed by atoms with E-state index in [0.29, 0.717) is 16.8 Å². The average Bonchev–Trinajstić information content (AvgIpc) is 2.44. The largest absolute Gasteiger partial charge is 0.300 e. The van der Waals surface area contributed by atoms with E-state index in [9.17, 15) is 14.4 Å². The number of ketones is 3. The number of rotatable bonds is 3. The van der Waals surface area contributed by atoms with Crippen molar-refractivity contribution < 1.29 is 14.4 Å². The SMILES string of the molecule is CN=C1C(=O)c2ccccc2C(=O)[C@H]1N=C(C)CC(C)=O. The van der Waals surface area contributed by atoms with E-state index in [2.05, 4.69) is 9.98 Å². The van der Waals surface area contributed by atoms with Crippen LogP contribution in [-0.2, 0) is 4.79 Å². The number of fused-ring (bicyclic) bond motifs is 1. The van der Waals surface area contributed by atoms with Crippen LogP contribution in [0.3, 0.4) is 0 Å². The molecule has 0 unspecified atom stereocenters. The second kappa shape index (κ2) is 5.91. The maximum atomic E-state index is 12.5. The molecule has 0 spiro atoms. The number of nitrogens with zero attached hydrogens (tertiary/aromatic N) is 2. The molecule has 0 aliphatic heterocycles. The van der Waals surface area contributed by atoms with Gasteiger partial charge in [-0.05, 0) is 13.8 Å². The van der Waals surface area contributed by atoms with Gasteiger partial charge in [0, 0.05) is 30.3 Å². The first-order valence-electron chi connectivity index (χ1n) is 6.63. The Labute approximate surface area is 122 Å². The average molecular weight is 284 g/mol. The van der Waals surface area contributed by atoms with Crippen LogP contribution in [0.5, 0.6) is 0 Å². The summed E-state index contributed by atoms with van der Waals surface area (Å²) in [5.74, 6) is -0.577. The number of hydrogen-bond donors (Lipinski definition) is 0. The third kappa shape index (κ3) is 2.86. The fourth-order valence-corrected chi connectivity index (χ4v) is 2.40. The van der Waals surface area contributed by atoms with Gasteiger partial charge in [0.15, 0.2) is 11.8 Å². The molecule has 0 fully saturated rings. The highest BCUT2D eigenvalue weighted by Crippen LogP contribution is 2.22. The zero-order valence-corrected chi connectivity index (χ0v) is 12.2. The van der Waals surface area contributed by atoms with Crippen LogP contribution < -0.4 is 0 Å². The summed E-state index contributed by atoms with van der Waals surface area (Å²) in [4.78, 5) is 44.2. The lowest BCUT2D eigenvalue weighted by Crippen LogP contribution is -2.41. The molecule has 2 rings (SSSR count). The van der Waals surface area contributed by atoms with E-state index in [1.807, 2.05) is 0 Å². The summed E-state index contributed by atoms with van der Waals surface area (Å²) in [7, 11) is 1.47. The maximum Gasteiger partial charge on any atom is 0.210 e. The summed E-state index contributed by atoms with van der Waals surface area (Å²) in [6.45, 7) is 3.13. The second-order valence-corrected chi connectivity index (χ2v) is 4.99. The van der Waals surface area contributed by atoms with Gasteiger partial charge in [-0.15, -0.1) is 0 Å². The maximum absolute atomic E-state index is 12.5. The van der Waals surface area contributed by atoms with E-state index in [1.165, 1.54) is 14.0 Å². The molecule has 0 amide bonds. The Hall–Kier alpha value is -2.43. The van der Waals surface area contributed by atoms with Crippen LogP contribution >= 0.6 is 0 Å². The Morgan fingerprint density at radius 1 is 1.14 bits per heavy atom. The number of hydrogen-bond acceptors (Lipinski definition) is 5. The van der Waals surface area contributed by atoms with E-state index in [4.69, 9.17) is 0 Å². The zero-order chi connectivity index (χ0) is 15.6. The van der Waals surface area contributed by atoms with Crippen molar-refractivity contribution in [2.45, 2.75) is 26.3 Å². The molecule has 0 aromatic heterocycles. The Kier molecular flexibility index (Phi) is 4.21. The number of carbonyl (C=O) groups excluding carboxylic acids is 3. The van der Waals surface area contributed by atoms with Crippen molar-refractivity contribution in [3.63, 3.8) is 0 Å². The minimum absolute atomic E-state index is 0.0405. The smallest absolute Gasteiger partial charge is 0.210 e. The molecule has 1 aliphatic carbocycles. The first-order chi connectivity index (χ1) is 9.95. The van der Waals surface area contributed by atoms with Gasteiger partial charge >= 0.3 is 0 Å².